The van der Waals surface area contributed by atoms with Gasteiger partial charge in [0.25, 0.3) is 0 Å². The molecule has 0 saturated carbocycles. The van der Waals surface area contributed by atoms with Crippen molar-refractivity contribution in [2.24, 2.45) is 0 Å². The van der Waals surface area contributed by atoms with Crippen molar-refractivity contribution in [1.82, 2.24) is 4.90 Å². The molecule has 0 atom stereocenters. The average molecular weight is 347 g/mol. The number of hydrogen-bond donors (Lipinski definition) is 0. The fourth-order valence-electron chi connectivity index (χ4n) is 3.10. The third kappa shape index (κ3) is 4.37. The van der Waals surface area contributed by atoms with Crippen LogP contribution >= 0.6 is 0 Å². The lowest BCUT2D eigenvalue weighted by Gasteiger charge is -2.23. The zero-order valence-corrected chi connectivity index (χ0v) is 14.8. The minimum atomic E-state index is -0.283. The number of rotatable bonds is 6. The molecule has 0 saturated heterocycles. The van der Waals surface area contributed by atoms with Gasteiger partial charge in [-0.05, 0) is 17.2 Å². The Bertz CT molecular complexity index is 809. The molecule has 0 aliphatic rings. The molecule has 0 bridgehead atoms. The molecule has 3 rings (SSSR count). The fourth-order valence-corrected chi connectivity index (χ4v) is 3.10. The van der Waals surface area contributed by atoms with Gasteiger partial charge >= 0.3 is 0 Å². The number of benzene rings is 3. The highest BCUT2D eigenvalue weighted by atomic mass is 19.1. The molecule has 3 aromatic rings. The Morgan fingerprint density at radius 3 is 1.88 bits per heavy atom. The maximum absolute atomic E-state index is 13.9. The molecule has 0 N–H and O–H groups in total. The topological polar surface area (TPSA) is 20.3 Å². The molecule has 26 heavy (non-hydrogen) atoms. The molecular formula is C23H22FNO. The Morgan fingerprint density at radius 1 is 0.846 bits per heavy atom. The van der Waals surface area contributed by atoms with E-state index in [1.165, 1.54) is 6.07 Å². The van der Waals surface area contributed by atoms with E-state index in [4.69, 9.17) is 0 Å². The zero-order valence-electron chi connectivity index (χ0n) is 14.8. The van der Waals surface area contributed by atoms with Crippen LogP contribution in [0.15, 0.2) is 84.9 Å². The van der Waals surface area contributed by atoms with Crippen molar-refractivity contribution >= 4 is 5.91 Å². The first-order chi connectivity index (χ1) is 12.6. The molecule has 3 heteroatoms. The summed E-state index contributed by atoms with van der Waals surface area (Å²) in [4.78, 5) is 14.4. The van der Waals surface area contributed by atoms with Crippen molar-refractivity contribution < 1.29 is 9.18 Å². The Morgan fingerprint density at radius 2 is 1.35 bits per heavy atom. The maximum atomic E-state index is 13.9. The van der Waals surface area contributed by atoms with Gasteiger partial charge in [0.1, 0.15) is 5.82 Å². The predicted molar refractivity (Wildman–Crippen MR) is 102 cm³/mol. The molecule has 0 heterocycles. The second kappa shape index (κ2) is 8.43. The summed E-state index contributed by atoms with van der Waals surface area (Å²) in [6.45, 7) is 0.266. The molecule has 0 aliphatic heterocycles. The van der Waals surface area contributed by atoms with E-state index in [1.54, 1.807) is 30.1 Å². The van der Waals surface area contributed by atoms with Gasteiger partial charge in [-0.15, -0.1) is 0 Å². The lowest BCUT2D eigenvalue weighted by molar-refractivity contribution is -0.130. The normalized spacial score (nSPS) is 10.7. The second-order valence-electron chi connectivity index (χ2n) is 6.42. The van der Waals surface area contributed by atoms with Gasteiger partial charge in [0.2, 0.25) is 5.91 Å². The van der Waals surface area contributed by atoms with Crippen LogP contribution in [0.5, 0.6) is 0 Å². The van der Waals surface area contributed by atoms with Gasteiger partial charge in [-0.3, -0.25) is 4.79 Å². The minimum Gasteiger partial charge on any atom is -0.341 e. The van der Waals surface area contributed by atoms with Crippen LogP contribution in [0, 0.1) is 5.82 Å². The van der Waals surface area contributed by atoms with Gasteiger partial charge in [0.05, 0.1) is 0 Å². The van der Waals surface area contributed by atoms with Crippen LogP contribution in [0.3, 0.4) is 0 Å². The van der Waals surface area contributed by atoms with Crippen LogP contribution in [0.4, 0.5) is 4.39 Å². The van der Waals surface area contributed by atoms with E-state index in [1.807, 2.05) is 60.7 Å². The van der Waals surface area contributed by atoms with Crippen molar-refractivity contribution in [1.29, 1.82) is 0 Å². The molecule has 132 valence electrons. The van der Waals surface area contributed by atoms with E-state index in [9.17, 15) is 9.18 Å². The summed E-state index contributed by atoms with van der Waals surface area (Å²) in [6.07, 6.45) is 0.346. The number of hydrogen-bond acceptors (Lipinski definition) is 1. The molecule has 0 radical (unpaired) electrons. The van der Waals surface area contributed by atoms with Crippen molar-refractivity contribution in [3.05, 3.63) is 107 Å². The Kier molecular flexibility index (Phi) is 5.80. The van der Waals surface area contributed by atoms with E-state index in [0.29, 0.717) is 12.0 Å². The lowest BCUT2D eigenvalue weighted by atomic mass is 9.88. The molecule has 1 amide bonds. The Hall–Kier alpha value is -2.94. The van der Waals surface area contributed by atoms with Gasteiger partial charge in [-0.25, -0.2) is 4.39 Å². The average Bonchev–Trinajstić information content (AvgIpc) is 2.69. The highest BCUT2D eigenvalue weighted by Gasteiger charge is 2.20. The maximum Gasteiger partial charge on any atom is 0.223 e. The third-order valence-corrected chi connectivity index (χ3v) is 4.57. The van der Waals surface area contributed by atoms with Crippen LogP contribution in [-0.4, -0.2) is 17.9 Å². The quantitative estimate of drug-likeness (QED) is 0.614. The molecule has 0 spiro atoms. The van der Waals surface area contributed by atoms with Gasteiger partial charge in [-0.1, -0.05) is 78.9 Å². The second-order valence-corrected chi connectivity index (χ2v) is 6.42. The van der Waals surface area contributed by atoms with Gasteiger partial charge in [-0.2, -0.15) is 0 Å². The molecule has 0 aliphatic carbocycles. The van der Waals surface area contributed by atoms with E-state index in [0.717, 1.165) is 11.1 Å². The summed E-state index contributed by atoms with van der Waals surface area (Å²) in [6, 6.07) is 26.6. The van der Waals surface area contributed by atoms with Gasteiger partial charge < -0.3 is 4.90 Å². The standard InChI is InChI=1S/C23H22FNO/c1-25(17-20-14-8-9-15-22(20)24)23(26)16-21(18-10-4-2-5-11-18)19-12-6-3-7-13-19/h2-15,21H,16-17H2,1H3. The van der Waals surface area contributed by atoms with Crippen molar-refractivity contribution in [3.63, 3.8) is 0 Å². The summed E-state index contributed by atoms with van der Waals surface area (Å²) in [5.41, 5.74) is 2.73. The molecule has 3 aromatic carbocycles. The predicted octanol–water partition coefficient (Wildman–Crippen LogP) is 5.01. The summed E-state index contributed by atoms with van der Waals surface area (Å²) in [5, 5.41) is 0. The minimum absolute atomic E-state index is 0.00837. The summed E-state index contributed by atoms with van der Waals surface area (Å²) in [5.74, 6) is -0.311. The van der Waals surface area contributed by atoms with E-state index < -0.39 is 0 Å². The van der Waals surface area contributed by atoms with Crippen molar-refractivity contribution in [2.75, 3.05) is 7.05 Å². The van der Waals surface area contributed by atoms with Gasteiger partial charge in [0, 0.05) is 31.5 Å². The Balaban J connectivity index is 1.78. The van der Waals surface area contributed by atoms with E-state index in [-0.39, 0.29) is 24.2 Å². The summed E-state index contributed by atoms with van der Waals surface area (Å²) < 4.78 is 13.9. The first-order valence-electron chi connectivity index (χ1n) is 8.72. The van der Waals surface area contributed by atoms with Crippen molar-refractivity contribution in [2.45, 2.75) is 18.9 Å². The first-order valence-corrected chi connectivity index (χ1v) is 8.72. The molecule has 2 nitrogen and oxygen atoms in total. The van der Waals surface area contributed by atoms with Crippen LogP contribution < -0.4 is 0 Å². The first kappa shape index (κ1) is 17.9. The zero-order chi connectivity index (χ0) is 18.4. The number of carbonyl (C=O) groups is 1. The van der Waals surface area contributed by atoms with Crippen LogP contribution in [0.2, 0.25) is 0 Å². The highest BCUT2D eigenvalue weighted by molar-refractivity contribution is 5.77. The van der Waals surface area contributed by atoms with Crippen LogP contribution in [-0.2, 0) is 11.3 Å². The number of nitrogens with zero attached hydrogens (tertiary/aromatic N) is 1. The van der Waals surface area contributed by atoms with E-state index >= 15 is 0 Å². The molecular weight excluding hydrogens is 325 g/mol. The van der Waals surface area contributed by atoms with Crippen LogP contribution in [0.25, 0.3) is 0 Å². The van der Waals surface area contributed by atoms with Gasteiger partial charge in [0.15, 0.2) is 0 Å². The summed E-state index contributed by atoms with van der Waals surface area (Å²) >= 11 is 0. The smallest absolute Gasteiger partial charge is 0.223 e. The lowest BCUT2D eigenvalue weighted by Crippen LogP contribution is -2.28. The number of halogens is 1. The Labute approximate surface area is 153 Å². The largest absolute Gasteiger partial charge is 0.341 e. The molecule has 0 unspecified atom stereocenters. The van der Waals surface area contributed by atoms with E-state index in [2.05, 4.69) is 0 Å². The fraction of sp³-hybridized carbons (Fsp3) is 0.174. The number of amides is 1. The van der Waals surface area contributed by atoms with Crippen molar-refractivity contribution in [3.8, 4) is 0 Å². The molecule has 0 aromatic heterocycles. The molecule has 0 fully saturated rings. The van der Waals surface area contributed by atoms with Crippen LogP contribution in [0.1, 0.15) is 29.0 Å². The summed E-state index contributed by atoms with van der Waals surface area (Å²) in [7, 11) is 1.72. The number of carbonyl (C=O) groups excluding carboxylic acids is 1. The monoisotopic (exact) mass is 347 g/mol. The highest BCUT2D eigenvalue weighted by Crippen LogP contribution is 2.28. The third-order valence-electron chi connectivity index (χ3n) is 4.57. The SMILES string of the molecule is CN(Cc1ccccc1F)C(=O)CC(c1ccccc1)c1ccccc1.